The van der Waals surface area contributed by atoms with Crippen LogP contribution in [0.2, 0.25) is 0 Å². The lowest BCUT2D eigenvalue weighted by Gasteiger charge is -2.48. The van der Waals surface area contributed by atoms with Crippen LogP contribution >= 0.6 is 0 Å². The van der Waals surface area contributed by atoms with Crippen molar-refractivity contribution in [3.05, 3.63) is 0 Å². The minimum absolute atomic E-state index is 0. The molecule has 4 fully saturated rings. The van der Waals surface area contributed by atoms with Crippen molar-refractivity contribution in [3.63, 3.8) is 0 Å². The van der Waals surface area contributed by atoms with Crippen molar-refractivity contribution < 1.29 is 25.2 Å². The van der Waals surface area contributed by atoms with Crippen molar-refractivity contribution in [2.75, 3.05) is 19.8 Å². The lowest BCUT2D eigenvalue weighted by atomic mass is 9.58. The molecule has 0 spiro atoms. The maximum absolute atomic E-state index is 6.60. The maximum atomic E-state index is 6.60. The molecular formula is C43H84O5. The molecule has 4 aliphatic carbocycles. The Hall–Kier alpha value is -0.200. The van der Waals surface area contributed by atoms with Gasteiger partial charge in [-0.1, -0.05) is 86.5 Å². The zero-order valence-corrected chi connectivity index (χ0v) is 32.8. The van der Waals surface area contributed by atoms with Gasteiger partial charge in [-0.15, -0.1) is 0 Å². The molecule has 0 aromatic rings. The molecule has 48 heavy (non-hydrogen) atoms. The fraction of sp³-hybridized carbons (Fsp3) is 1.00. The molecule has 11 unspecified atom stereocenters. The van der Waals surface area contributed by atoms with Crippen LogP contribution in [0.3, 0.4) is 0 Å². The molecule has 4 rings (SSSR count). The van der Waals surface area contributed by atoms with E-state index in [4.69, 9.17) is 14.2 Å². The zero-order valence-electron chi connectivity index (χ0n) is 32.8. The molecule has 0 aromatic heterocycles. The first kappa shape index (κ1) is 44.0. The van der Waals surface area contributed by atoms with Gasteiger partial charge in [0.15, 0.2) is 0 Å². The van der Waals surface area contributed by atoms with Crippen LogP contribution in [0.4, 0.5) is 0 Å². The first-order valence-electron chi connectivity index (χ1n) is 21.3. The van der Waals surface area contributed by atoms with Crippen molar-refractivity contribution in [3.8, 4) is 0 Å². The van der Waals surface area contributed by atoms with Crippen molar-refractivity contribution in [1.29, 1.82) is 0 Å². The first-order chi connectivity index (χ1) is 22.4. The van der Waals surface area contributed by atoms with E-state index in [1.54, 1.807) is 0 Å². The number of unbranched alkanes of at least 4 members (excludes halogenated alkanes) is 5. The van der Waals surface area contributed by atoms with Crippen molar-refractivity contribution in [2.24, 2.45) is 53.3 Å². The fourth-order valence-electron chi connectivity index (χ4n) is 10.9. The van der Waals surface area contributed by atoms with Crippen LogP contribution in [-0.2, 0) is 14.2 Å². The van der Waals surface area contributed by atoms with Crippen LogP contribution in [-0.4, -0.2) is 49.1 Å². The predicted octanol–water partition coefficient (Wildman–Crippen LogP) is 10.8. The molecule has 11 atom stereocenters. The summed E-state index contributed by atoms with van der Waals surface area (Å²) in [6, 6.07) is 0. The van der Waals surface area contributed by atoms with Gasteiger partial charge < -0.3 is 25.2 Å². The maximum Gasteiger partial charge on any atom is 0.0602 e. The van der Waals surface area contributed by atoms with E-state index in [0.717, 1.165) is 79.5 Å². The van der Waals surface area contributed by atoms with E-state index in [1.807, 2.05) is 0 Å². The standard InChI is InChI=1S/C43H80O3.2H2O/c1-7-11-15-16-34-24-39(28-41(25-34)44-17-12-8-2)37-22-32(5)20-35(26-37)36-21-33(6)23-38(27-36)40-29-42(45-18-13-9-3)31-43(30-40)46-19-14-10-4;;/h32-43H,7-31H2,1-6H3;2*1H2. The third kappa shape index (κ3) is 14.4. The van der Waals surface area contributed by atoms with E-state index >= 15 is 0 Å². The highest BCUT2D eigenvalue weighted by atomic mass is 16.5. The third-order valence-electron chi connectivity index (χ3n) is 13.3. The van der Waals surface area contributed by atoms with E-state index < -0.39 is 0 Å². The fourth-order valence-corrected chi connectivity index (χ4v) is 10.9. The van der Waals surface area contributed by atoms with Gasteiger partial charge in [-0.2, -0.15) is 0 Å². The second-order valence-electron chi connectivity index (χ2n) is 17.5. The molecule has 0 saturated heterocycles. The largest absolute Gasteiger partial charge is 0.412 e. The molecule has 4 N–H and O–H groups in total. The summed E-state index contributed by atoms with van der Waals surface area (Å²) in [7, 11) is 0. The molecule has 0 heterocycles. The highest BCUT2D eigenvalue weighted by Gasteiger charge is 2.43. The van der Waals surface area contributed by atoms with Gasteiger partial charge in [0.2, 0.25) is 0 Å². The molecule has 5 nitrogen and oxygen atoms in total. The van der Waals surface area contributed by atoms with E-state index in [1.165, 1.54) is 135 Å². The second kappa shape index (κ2) is 24.1. The Morgan fingerprint density at radius 2 is 0.729 bits per heavy atom. The molecule has 4 aliphatic rings. The van der Waals surface area contributed by atoms with Gasteiger partial charge in [-0.05, 0) is 150 Å². The van der Waals surface area contributed by atoms with Crippen molar-refractivity contribution in [2.45, 2.75) is 201 Å². The van der Waals surface area contributed by atoms with Gasteiger partial charge in [0.25, 0.3) is 0 Å². The van der Waals surface area contributed by atoms with Crippen molar-refractivity contribution >= 4 is 0 Å². The molecule has 0 aromatic carbocycles. The SMILES string of the molecule is CCCCCC1CC(OCCCC)CC(C2CC(C)CC(C3CC(C)CC(C4CC(OCCCC)CC(OCCCC)C4)C3)C2)C1.O.O. The zero-order chi connectivity index (χ0) is 32.7. The summed E-state index contributed by atoms with van der Waals surface area (Å²) in [5.74, 6) is 8.02. The summed E-state index contributed by atoms with van der Waals surface area (Å²) >= 11 is 0. The summed E-state index contributed by atoms with van der Waals surface area (Å²) < 4.78 is 19.7. The topological polar surface area (TPSA) is 90.7 Å². The molecule has 0 bridgehead atoms. The van der Waals surface area contributed by atoms with Crippen LogP contribution in [0.25, 0.3) is 0 Å². The highest BCUT2D eigenvalue weighted by molar-refractivity contribution is 4.94. The van der Waals surface area contributed by atoms with E-state index in [9.17, 15) is 0 Å². The Morgan fingerprint density at radius 1 is 0.375 bits per heavy atom. The predicted molar refractivity (Wildman–Crippen MR) is 203 cm³/mol. The van der Waals surface area contributed by atoms with Gasteiger partial charge in [-0.25, -0.2) is 0 Å². The van der Waals surface area contributed by atoms with Gasteiger partial charge in [0.1, 0.15) is 0 Å². The van der Waals surface area contributed by atoms with Crippen LogP contribution in [0, 0.1) is 53.3 Å². The summed E-state index contributed by atoms with van der Waals surface area (Å²) in [5.41, 5.74) is 0. The minimum atomic E-state index is 0. The summed E-state index contributed by atoms with van der Waals surface area (Å²) in [6.07, 6.45) is 31.0. The summed E-state index contributed by atoms with van der Waals surface area (Å²) in [5, 5.41) is 0. The minimum Gasteiger partial charge on any atom is -0.412 e. The number of hydrogen-bond donors (Lipinski definition) is 0. The van der Waals surface area contributed by atoms with Crippen LogP contribution in [0.5, 0.6) is 0 Å². The Labute approximate surface area is 298 Å². The van der Waals surface area contributed by atoms with Crippen LogP contribution in [0.15, 0.2) is 0 Å². The van der Waals surface area contributed by atoms with Crippen LogP contribution in [0.1, 0.15) is 183 Å². The molecule has 5 heteroatoms. The Morgan fingerprint density at radius 3 is 1.12 bits per heavy atom. The Bertz CT molecular complexity index is 691. The monoisotopic (exact) mass is 681 g/mol. The van der Waals surface area contributed by atoms with E-state index in [2.05, 4.69) is 41.5 Å². The number of hydrogen-bond acceptors (Lipinski definition) is 3. The molecular weight excluding hydrogens is 596 g/mol. The molecule has 286 valence electrons. The van der Waals surface area contributed by atoms with Gasteiger partial charge >= 0.3 is 0 Å². The Kier molecular flexibility index (Phi) is 22.1. The van der Waals surface area contributed by atoms with E-state index in [-0.39, 0.29) is 11.0 Å². The summed E-state index contributed by atoms with van der Waals surface area (Å²) in [4.78, 5) is 0. The number of rotatable bonds is 19. The van der Waals surface area contributed by atoms with Gasteiger partial charge in [-0.3, -0.25) is 0 Å². The Balaban J connectivity index is 0.00000400. The smallest absolute Gasteiger partial charge is 0.0602 e. The quantitative estimate of drug-likeness (QED) is 0.127. The highest BCUT2D eigenvalue weighted by Crippen LogP contribution is 2.52. The summed E-state index contributed by atoms with van der Waals surface area (Å²) in [6.45, 7) is 17.3. The molecule has 0 amide bonds. The molecule has 4 saturated carbocycles. The second-order valence-corrected chi connectivity index (χ2v) is 17.5. The normalized spacial score (nSPS) is 37.4. The van der Waals surface area contributed by atoms with E-state index in [0.29, 0.717) is 18.3 Å². The lowest BCUT2D eigenvalue weighted by molar-refractivity contribution is -0.0788. The third-order valence-corrected chi connectivity index (χ3v) is 13.3. The first-order valence-corrected chi connectivity index (χ1v) is 21.3. The number of ether oxygens (including phenoxy) is 3. The molecule has 0 aliphatic heterocycles. The van der Waals surface area contributed by atoms with Crippen LogP contribution < -0.4 is 0 Å². The average Bonchev–Trinajstić information content (AvgIpc) is 3.04. The van der Waals surface area contributed by atoms with Gasteiger partial charge in [0.05, 0.1) is 18.3 Å². The van der Waals surface area contributed by atoms with Gasteiger partial charge in [0, 0.05) is 19.8 Å². The average molecular weight is 681 g/mol. The van der Waals surface area contributed by atoms with Crippen molar-refractivity contribution in [1.82, 2.24) is 0 Å². The lowest BCUT2D eigenvalue weighted by Crippen LogP contribution is -2.41. The molecule has 0 radical (unpaired) electrons.